The third kappa shape index (κ3) is 153. The van der Waals surface area contributed by atoms with Gasteiger partial charge in [0.25, 0.3) is 0 Å². The average molecular weight is 298 g/mol. The van der Waals surface area contributed by atoms with Crippen LogP contribution < -0.4 is 14.7 Å². The summed E-state index contributed by atoms with van der Waals surface area (Å²) in [6.07, 6.45) is 0. The monoisotopic (exact) mass is 297 g/mol. The average Bonchev–Trinajstić information content (AvgIpc) is 0.722. The molecule has 0 spiro atoms. The number of phosphoric acid groups is 1. The van der Waals surface area contributed by atoms with E-state index in [0.29, 0.717) is 0 Å². The maximum absolute atomic E-state index is 8.55. The molecular formula is H2CuO5PSb. The van der Waals surface area contributed by atoms with Gasteiger partial charge in [0.15, 0.2) is 0 Å². The van der Waals surface area contributed by atoms with Gasteiger partial charge in [0.2, 0.25) is 0 Å². The molecule has 0 aliphatic heterocycles. The van der Waals surface area contributed by atoms with Crippen molar-refractivity contribution in [3.63, 3.8) is 0 Å². The summed E-state index contributed by atoms with van der Waals surface area (Å²) in [5.74, 6) is 0. The van der Waals surface area contributed by atoms with Crippen LogP contribution in [-0.4, -0.2) is 29.9 Å². The van der Waals surface area contributed by atoms with E-state index in [1.165, 1.54) is 0 Å². The molecule has 0 aromatic rings. The molecule has 0 aromatic carbocycles. The second-order valence-electron chi connectivity index (χ2n) is 0.447. The fourth-order valence-corrected chi connectivity index (χ4v) is 0. The molecule has 0 bridgehead atoms. The van der Waals surface area contributed by atoms with E-state index < -0.39 is 7.82 Å². The minimum absolute atomic E-state index is 0. The van der Waals surface area contributed by atoms with E-state index in [1.54, 1.807) is 0 Å². The Hall–Kier alpha value is 1.41. The molecule has 0 saturated carbocycles. The van der Waals surface area contributed by atoms with E-state index in [9.17, 15) is 0 Å². The Morgan fingerprint density at radius 3 is 1.12 bits per heavy atom. The summed E-state index contributed by atoms with van der Waals surface area (Å²) >= 11 is 0. The second kappa shape index (κ2) is 8.41. The molecular weight excluding hydrogens is 296 g/mol. The standard InChI is InChI=1S/Cu.H3O4P.H2O.Sb.H/c;1-5(2,3)4;;;/h;(H3,1,2,3,4);1H2;;/q+2;;;+2;/p-4. The van der Waals surface area contributed by atoms with Gasteiger partial charge in [-0.15, -0.1) is 0 Å². The van der Waals surface area contributed by atoms with E-state index in [-0.39, 0.29) is 47.0 Å². The molecule has 0 unspecified atom stereocenters. The fourth-order valence-electron chi connectivity index (χ4n) is 0. The molecule has 53 valence electrons. The molecule has 0 aliphatic carbocycles. The minimum atomic E-state index is -5.39. The predicted octanol–water partition coefficient (Wildman–Crippen LogP) is -3.65. The predicted molar refractivity (Wildman–Crippen MR) is 16.7 cm³/mol. The van der Waals surface area contributed by atoms with E-state index in [4.69, 9.17) is 19.2 Å². The summed E-state index contributed by atoms with van der Waals surface area (Å²) in [6, 6.07) is 0. The molecule has 0 aliphatic rings. The topological polar surface area (TPSA) is 116 Å². The summed E-state index contributed by atoms with van der Waals surface area (Å²) in [4.78, 5) is 25.6. The molecule has 0 amide bonds. The van der Waals surface area contributed by atoms with Crippen LogP contribution in [0.3, 0.4) is 0 Å². The van der Waals surface area contributed by atoms with Crippen molar-refractivity contribution in [1.29, 1.82) is 0 Å². The van der Waals surface area contributed by atoms with E-state index in [2.05, 4.69) is 0 Å². The molecule has 1 N–H and O–H groups in total. The Bertz CT molecular complexity index is 58.6. The molecule has 0 heterocycles. The third-order valence-corrected chi connectivity index (χ3v) is 0. The van der Waals surface area contributed by atoms with E-state index in [0.717, 1.165) is 0 Å². The van der Waals surface area contributed by atoms with Crippen molar-refractivity contribution in [2.45, 2.75) is 0 Å². The maximum atomic E-state index is 8.55. The van der Waals surface area contributed by atoms with Gasteiger partial charge in [-0.05, 0) is 0 Å². The summed E-state index contributed by atoms with van der Waals surface area (Å²) < 4.78 is 8.55. The summed E-state index contributed by atoms with van der Waals surface area (Å²) in [5.41, 5.74) is 0. The first kappa shape index (κ1) is 22.7. The molecule has 0 rings (SSSR count). The molecule has 3 radical (unpaired) electrons. The summed E-state index contributed by atoms with van der Waals surface area (Å²) in [7, 11) is -5.39. The Kier molecular flexibility index (Phi) is 23.9. The zero-order valence-electron chi connectivity index (χ0n) is 3.33. The SMILES string of the molecule is O=P([O-])([O-])[O-].[Cu+2].[OH-].[SbH+2]. The van der Waals surface area contributed by atoms with Crippen molar-refractivity contribution in [3.05, 3.63) is 0 Å². The van der Waals surface area contributed by atoms with Gasteiger partial charge in [-0.25, -0.2) is 0 Å². The number of rotatable bonds is 0. The number of hydrogen-bond acceptors (Lipinski definition) is 5. The van der Waals surface area contributed by atoms with Crippen molar-refractivity contribution >= 4 is 32.3 Å². The van der Waals surface area contributed by atoms with Crippen molar-refractivity contribution in [2.75, 3.05) is 0 Å². The second-order valence-corrected chi connectivity index (χ2v) is 1.34. The summed E-state index contributed by atoms with van der Waals surface area (Å²) in [6.45, 7) is 0. The van der Waals surface area contributed by atoms with Gasteiger partial charge in [0.05, 0.1) is 0 Å². The molecule has 8 heteroatoms. The van der Waals surface area contributed by atoms with Crippen LogP contribution in [0.15, 0.2) is 0 Å². The van der Waals surface area contributed by atoms with Crippen LogP contribution in [0.1, 0.15) is 0 Å². The molecule has 0 fully saturated rings. The van der Waals surface area contributed by atoms with Gasteiger partial charge >= 0.3 is 41.5 Å². The van der Waals surface area contributed by atoms with Crippen molar-refractivity contribution in [3.8, 4) is 0 Å². The van der Waals surface area contributed by atoms with Crippen LogP contribution in [-0.2, 0) is 21.6 Å². The summed E-state index contributed by atoms with van der Waals surface area (Å²) in [5, 5.41) is 0. The molecule has 0 atom stereocenters. The van der Waals surface area contributed by atoms with E-state index in [1.807, 2.05) is 0 Å². The fraction of sp³-hybridized carbons (Fsp3) is 0. The third-order valence-electron chi connectivity index (χ3n) is 0. The Morgan fingerprint density at radius 2 is 1.12 bits per heavy atom. The zero-order chi connectivity index (χ0) is 4.50. The van der Waals surface area contributed by atoms with Gasteiger partial charge in [-0.2, -0.15) is 7.82 Å². The van der Waals surface area contributed by atoms with Crippen molar-refractivity contribution in [2.24, 2.45) is 0 Å². The Balaban J connectivity index is -0.0000000267. The van der Waals surface area contributed by atoms with Crippen LogP contribution in [0.2, 0.25) is 0 Å². The first-order chi connectivity index (χ1) is 2.00. The van der Waals surface area contributed by atoms with Crippen LogP contribution >= 0.6 is 7.82 Å². The van der Waals surface area contributed by atoms with Crippen molar-refractivity contribution < 1.29 is 41.8 Å². The van der Waals surface area contributed by atoms with Crippen LogP contribution in [0.5, 0.6) is 0 Å². The molecule has 0 aromatic heterocycles. The first-order valence-electron chi connectivity index (χ1n) is 0.730. The van der Waals surface area contributed by atoms with Gasteiger partial charge in [0, 0.05) is 0 Å². The van der Waals surface area contributed by atoms with Gasteiger partial charge in [-0.1, -0.05) is 0 Å². The first-order valence-corrected chi connectivity index (χ1v) is 2.19. The quantitative estimate of drug-likeness (QED) is 0.338. The van der Waals surface area contributed by atoms with Gasteiger partial charge in [0.1, 0.15) is 0 Å². The van der Waals surface area contributed by atoms with Crippen LogP contribution in [0.25, 0.3) is 0 Å². The normalized spacial score (nSPS) is 7.38. The van der Waals surface area contributed by atoms with Gasteiger partial charge < -0.3 is 24.7 Å². The zero-order valence-corrected chi connectivity index (χ0v) is 8.02. The molecule has 0 saturated heterocycles. The Morgan fingerprint density at radius 1 is 1.12 bits per heavy atom. The molecule has 5 nitrogen and oxygen atoms in total. The van der Waals surface area contributed by atoms with Crippen LogP contribution in [0.4, 0.5) is 0 Å². The number of hydrogen-bond donors (Lipinski definition) is 0. The Labute approximate surface area is 74.0 Å². The van der Waals surface area contributed by atoms with Crippen molar-refractivity contribution in [1.82, 2.24) is 0 Å². The molecule has 8 heavy (non-hydrogen) atoms. The van der Waals surface area contributed by atoms with Gasteiger partial charge in [-0.3, -0.25) is 0 Å². The van der Waals surface area contributed by atoms with Crippen LogP contribution in [0, 0.1) is 0 Å². The van der Waals surface area contributed by atoms with E-state index >= 15 is 0 Å².